The molecule has 1 aromatic carbocycles. The van der Waals surface area contributed by atoms with Crippen LogP contribution in [0.25, 0.3) is 0 Å². The molecule has 1 amide bonds. The molecule has 1 heterocycles. The summed E-state index contributed by atoms with van der Waals surface area (Å²) in [4.78, 5) is 12.4. The van der Waals surface area contributed by atoms with Crippen molar-refractivity contribution in [3.8, 4) is 6.07 Å². The number of nitrogens with one attached hydrogen (secondary N) is 1. The van der Waals surface area contributed by atoms with Crippen LogP contribution < -0.4 is 11.1 Å². The van der Waals surface area contributed by atoms with Crippen molar-refractivity contribution in [2.75, 3.05) is 11.1 Å². The van der Waals surface area contributed by atoms with Crippen LogP contribution in [-0.2, 0) is 0 Å². The molecule has 0 spiro atoms. The molecule has 106 valence electrons. The summed E-state index contributed by atoms with van der Waals surface area (Å²) in [6, 6.07) is 8.80. The van der Waals surface area contributed by atoms with Crippen LogP contribution in [0.2, 0.25) is 5.02 Å². The zero-order valence-corrected chi connectivity index (χ0v) is 11.9. The molecule has 0 bridgehead atoms. The molecule has 0 aliphatic heterocycles. The largest absolute Gasteiger partial charge is 0.397 e. The van der Waals surface area contributed by atoms with Gasteiger partial charge in [-0.25, -0.2) is 0 Å². The highest BCUT2D eigenvalue weighted by Crippen LogP contribution is 2.37. The Morgan fingerprint density at radius 1 is 1.43 bits per heavy atom. The highest BCUT2D eigenvalue weighted by molar-refractivity contribution is 6.32. The molecule has 6 heteroatoms. The number of anilines is 2. The maximum atomic E-state index is 12.4. The Kier molecular flexibility index (Phi) is 3.32. The number of nitrogen functional groups attached to an aromatic ring is 1. The molecule has 1 aliphatic carbocycles. The van der Waals surface area contributed by atoms with Crippen molar-refractivity contribution >= 4 is 28.9 Å². The number of nitrogens with zero attached hydrogens (tertiary/aromatic N) is 2. The minimum absolute atomic E-state index is 0.237. The van der Waals surface area contributed by atoms with Gasteiger partial charge in [0, 0.05) is 17.9 Å². The number of hydrogen-bond acceptors (Lipinski definition) is 3. The third kappa shape index (κ3) is 2.71. The highest BCUT2D eigenvalue weighted by atomic mass is 35.5. The van der Waals surface area contributed by atoms with Crippen LogP contribution in [0.3, 0.4) is 0 Å². The van der Waals surface area contributed by atoms with Crippen molar-refractivity contribution in [1.29, 1.82) is 5.26 Å². The second kappa shape index (κ2) is 5.15. The molecule has 0 saturated heterocycles. The number of carbonyl (C=O) groups is 1. The van der Waals surface area contributed by atoms with E-state index in [-0.39, 0.29) is 5.91 Å². The van der Waals surface area contributed by atoms with Gasteiger partial charge >= 0.3 is 0 Å². The summed E-state index contributed by atoms with van der Waals surface area (Å²) in [7, 11) is 0. The third-order valence-corrected chi connectivity index (χ3v) is 3.70. The molecule has 2 aromatic rings. The Hall–Kier alpha value is -2.45. The lowest BCUT2D eigenvalue weighted by molar-refractivity contribution is 0.101. The van der Waals surface area contributed by atoms with Crippen molar-refractivity contribution in [2.24, 2.45) is 0 Å². The van der Waals surface area contributed by atoms with Crippen molar-refractivity contribution in [2.45, 2.75) is 18.9 Å². The number of aromatic nitrogens is 1. The van der Waals surface area contributed by atoms with Gasteiger partial charge in [0.25, 0.3) is 5.91 Å². The first kappa shape index (κ1) is 13.5. The van der Waals surface area contributed by atoms with Gasteiger partial charge in [0.05, 0.1) is 16.3 Å². The van der Waals surface area contributed by atoms with E-state index in [1.54, 1.807) is 30.5 Å². The normalized spacial score (nSPS) is 13.7. The number of nitriles is 1. The van der Waals surface area contributed by atoms with Crippen LogP contribution in [0, 0.1) is 11.3 Å². The van der Waals surface area contributed by atoms with E-state index >= 15 is 0 Å². The van der Waals surface area contributed by atoms with Gasteiger partial charge in [-0.1, -0.05) is 11.6 Å². The minimum atomic E-state index is -0.237. The molecule has 0 radical (unpaired) electrons. The molecule has 3 rings (SSSR count). The van der Waals surface area contributed by atoms with Gasteiger partial charge in [-0.2, -0.15) is 5.26 Å². The summed E-state index contributed by atoms with van der Waals surface area (Å²) < 4.78 is 1.91. The van der Waals surface area contributed by atoms with Crippen LogP contribution in [0.1, 0.15) is 34.9 Å². The lowest BCUT2D eigenvalue weighted by Gasteiger charge is -2.09. The van der Waals surface area contributed by atoms with Gasteiger partial charge in [0.2, 0.25) is 0 Å². The van der Waals surface area contributed by atoms with Crippen molar-refractivity contribution in [3.63, 3.8) is 0 Å². The number of amides is 1. The number of benzene rings is 1. The van der Waals surface area contributed by atoms with E-state index in [9.17, 15) is 4.79 Å². The lowest BCUT2D eigenvalue weighted by Crippen LogP contribution is -2.16. The second-order valence-electron chi connectivity index (χ2n) is 5.06. The zero-order valence-electron chi connectivity index (χ0n) is 11.1. The molecule has 3 N–H and O–H groups in total. The first-order valence-electron chi connectivity index (χ1n) is 6.57. The lowest BCUT2D eigenvalue weighted by atomic mass is 10.2. The molecule has 5 nitrogen and oxygen atoms in total. The number of rotatable bonds is 3. The van der Waals surface area contributed by atoms with E-state index in [0.717, 1.165) is 12.8 Å². The van der Waals surface area contributed by atoms with E-state index in [2.05, 4.69) is 5.32 Å². The predicted octanol–water partition coefficient (Wildman–Crippen LogP) is 3.18. The van der Waals surface area contributed by atoms with Crippen LogP contribution in [0.5, 0.6) is 0 Å². The van der Waals surface area contributed by atoms with Gasteiger partial charge in [-0.3, -0.25) is 4.79 Å². The summed E-state index contributed by atoms with van der Waals surface area (Å²) in [5.74, 6) is -0.237. The fourth-order valence-corrected chi connectivity index (χ4v) is 2.44. The monoisotopic (exact) mass is 300 g/mol. The average molecular weight is 301 g/mol. The van der Waals surface area contributed by atoms with Gasteiger partial charge in [0.15, 0.2) is 0 Å². The Labute approximate surface area is 126 Å². The first-order valence-corrected chi connectivity index (χ1v) is 6.94. The third-order valence-electron chi connectivity index (χ3n) is 3.39. The van der Waals surface area contributed by atoms with E-state index in [4.69, 9.17) is 22.6 Å². The van der Waals surface area contributed by atoms with E-state index in [1.165, 1.54) is 0 Å². The Bertz CT molecular complexity index is 756. The molecule has 0 unspecified atom stereocenters. The Morgan fingerprint density at radius 3 is 2.81 bits per heavy atom. The van der Waals surface area contributed by atoms with Crippen molar-refractivity contribution in [1.82, 2.24) is 4.57 Å². The second-order valence-corrected chi connectivity index (χ2v) is 5.46. The maximum Gasteiger partial charge on any atom is 0.272 e. The highest BCUT2D eigenvalue weighted by Gasteiger charge is 2.27. The molecule has 1 fully saturated rings. The van der Waals surface area contributed by atoms with E-state index < -0.39 is 0 Å². The summed E-state index contributed by atoms with van der Waals surface area (Å²) in [5, 5.41) is 11.9. The van der Waals surface area contributed by atoms with Crippen LogP contribution in [0.4, 0.5) is 11.4 Å². The number of carbonyl (C=O) groups excluding carboxylic acids is 1. The maximum absolute atomic E-state index is 12.4. The number of hydrogen-bond donors (Lipinski definition) is 2. The smallest absolute Gasteiger partial charge is 0.272 e. The van der Waals surface area contributed by atoms with Gasteiger partial charge in [0.1, 0.15) is 11.8 Å². The van der Waals surface area contributed by atoms with E-state index in [1.807, 2.05) is 10.6 Å². The summed E-state index contributed by atoms with van der Waals surface area (Å²) in [5.41, 5.74) is 7.81. The molecule has 1 aliphatic rings. The Morgan fingerprint density at radius 2 is 2.19 bits per heavy atom. The SMILES string of the molecule is N#Cc1ccc(NC(=O)c2cc(N)cn2C2CC2)cc1Cl. The fourth-order valence-electron chi connectivity index (χ4n) is 2.22. The average Bonchev–Trinajstić information content (AvgIpc) is 3.21. The quantitative estimate of drug-likeness (QED) is 0.913. The molecular formula is C15H13ClN4O. The molecule has 1 saturated carbocycles. The van der Waals surface area contributed by atoms with Crippen LogP contribution in [0.15, 0.2) is 30.5 Å². The first-order chi connectivity index (χ1) is 10.1. The van der Waals surface area contributed by atoms with Gasteiger partial charge < -0.3 is 15.6 Å². The molecule has 1 aromatic heterocycles. The molecule has 0 atom stereocenters. The Balaban J connectivity index is 1.83. The van der Waals surface area contributed by atoms with Crippen LogP contribution in [-0.4, -0.2) is 10.5 Å². The van der Waals surface area contributed by atoms with Crippen molar-refractivity contribution in [3.05, 3.63) is 46.7 Å². The van der Waals surface area contributed by atoms with Gasteiger partial charge in [-0.05, 0) is 37.1 Å². The zero-order chi connectivity index (χ0) is 15.0. The van der Waals surface area contributed by atoms with Crippen molar-refractivity contribution < 1.29 is 4.79 Å². The summed E-state index contributed by atoms with van der Waals surface area (Å²) in [6.07, 6.45) is 3.92. The fraction of sp³-hybridized carbons (Fsp3) is 0.200. The molecular weight excluding hydrogens is 288 g/mol. The predicted molar refractivity (Wildman–Crippen MR) is 81.2 cm³/mol. The minimum Gasteiger partial charge on any atom is -0.397 e. The number of halogens is 1. The molecule has 21 heavy (non-hydrogen) atoms. The standard InChI is InChI=1S/C15H13ClN4O/c16-13-6-11(2-1-9(13)7-17)19-15(21)14-5-10(18)8-20(14)12-3-4-12/h1-2,5-6,8,12H,3-4,18H2,(H,19,21). The van der Waals surface area contributed by atoms with Crippen LogP contribution >= 0.6 is 11.6 Å². The topological polar surface area (TPSA) is 83.8 Å². The van der Waals surface area contributed by atoms with Gasteiger partial charge in [-0.15, -0.1) is 0 Å². The summed E-state index contributed by atoms with van der Waals surface area (Å²) in [6.45, 7) is 0. The number of nitrogens with two attached hydrogens (primary N) is 1. The van der Waals surface area contributed by atoms with E-state index in [0.29, 0.717) is 33.7 Å². The summed E-state index contributed by atoms with van der Waals surface area (Å²) >= 11 is 5.96.